The Hall–Kier alpha value is -1.39. The van der Waals surface area contributed by atoms with E-state index in [2.05, 4.69) is 40.2 Å². The summed E-state index contributed by atoms with van der Waals surface area (Å²) in [6.45, 7) is 3.29. The van der Waals surface area contributed by atoms with Gasteiger partial charge in [0, 0.05) is 23.5 Å². The summed E-state index contributed by atoms with van der Waals surface area (Å²) in [5.74, 6) is 0. The summed E-state index contributed by atoms with van der Waals surface area (Å²) in [6.07, 6.45) is 7.66. The third-order valence-electron chi connectivity index (χ3n) is 4.38. The fraction of sp³-hybridized carbons (Fsp3) is 0.588. The number of nitrogens with zero attached hydrogens (tertiary/aromatic N) is 2. The first-order chi connectivity index (χ1) is 10.2. The molecule has 21 heavy (non-hydrogen) atoms. The van der Waals surface area contributed by atoms with Crippen LogP contribution in [-0.4, -0.2) is 33.1 Å². The second kappa shape index (κ2) is 6.16. The predicted molar refractivity (Wildman–Crippen MR) is 85.2 cm³/mol. The van der Waals surface area contributed by atoms with Crippen molar-refractivity contribution in [3.05, 3.63) is 30.5 Å². The smallest absolute Gasteiger partial charge is 0.0682 e. The molecule has 1 aromatic heterocycles. The van der Waals surface area contributed by atoms with Crippen molar-refractivity contribution in [3.8, 4) is 0 Å². The van der Waals surface area contributed by atoms with Gasteiger partial charge in [-0.3, -0.25) is 4.68 Å². The average molecular weight is 287 g/mol. The summed E-state index contributed by atoms with van der Waals surface area (Å²) in [4.78, 5) is 0. The van der Waals surface area contributed by atoms with E-state index in [4.69, 9.17) is 0 Å². The molecule has 4 nitrogen and oxygen atoms in total. The van der Waals surface area contributed by atoms with Crippen molar-refractivity contribution in [1.29, 1.82) is 0 Å². The molecule has 0 amide bonds. The van der Waals surface area contributed by atoms with Crippen LogP contribution in [0.3, 0.4) is 0 Å². The highest BCUT2D eigenvalue weighted by molar-refractivity contribution is 5.78. The van der Waals surface area contributed by atoms with Gasteiger partial charge in [0.2, 0.25) is 0 Å². The Morgan fingerprint density at radius 2 is 2.14 bits per heavy atom. The molecule has 2 aromatic rings. The molecule has 1 aliphatic carbocycles. The fourth-order valence-corrected chi connectivity index (χ4v) is 2.90. The van der Waals surface area contributed by atoms with Gasteiger partial charge in [0.05, 0.1) is 18.3 Å². The summed E-state index contributed by atoms with van der Waals surface area (Å²) in [6, 6.07) is 8.96. The molecular formula is C17H25N3O. The Bertz CT molecular complexity index is 590. The molecule has 0 bridgehead atoms. The van der Waals surface area contributed by atoms with Gasteiger partial charge in [0.1, 0.15) is 0 Å². The first kappa shape index (κ1) is 14.5. The lowest BCUT2D eigenvalue weighted by Crippen LogP contribution is -2.46. The number of rotatable bonds is 8. The van der Waals surface area contributed by atoms with Crippen LogP contribution in [0.2, 0.25) is 0 Å². The van der Waals surface area contributed by atoms with Crippen LogP contribution in [0.25, 0.3) is 10.9 Å². The molecule has 1 unspecified atom stereocenters. The van der Waals surface area contributed by atoms with Crippen molar-refractivity contribution in [1.82, 2.24) is 15.1 Å². The van der Waals surface area contributed by atoms with Crippen LogP contribution in [0.1, 0.15) is 39.0 Å². The van der Waals surface area contributed by atoms with Crippen molar-refractivity contribution < 1.29 is 5.11 Å². The minimum Gasteiger partial charge on any atom is -0.394 e. The second-order valence-electron chi connectivity index (χ2n) is 6.52. The van der Waals surface area contributed by atoms with Crippen molar-refractivity contribution in [2.24, 2.45) is 0 Å². The number of benzene rings is 1. The van der Waals surface area contributed by atoms with Gasteiger partial charge in [0.25, 0.3) is 0 Å². The third kappa shape index (κ3) is 3.63. The maximum atomic E-state index is 9.61. The van der Waals surface area contributed by atoms with Gasteiger partial charge in [-0.05, 0) is 45.1 Å². The molecule has 0 aliphatic heterocycles. The monoisotopic (exact) mass is 287 g/mol. The molecule has 3 rings (SSSR count). The normalized spacial score (nSPS) is 18.0. The van der Waals surface area contributed by atoms with Crippen molar-refractivity contribution in [2.75, 3.05) is 6.61 Å². The molecule has 1 aromatic carbocycles. The predicted octanol–water partition coefficient (Wildman–Crippen LogP) is 2.71. The van der Waals surface area contributed by atoms with Crippen molar-refractivity contribution >= 4 is 10.9 Å². The van der Waals surface area contributed by atoms with Gasteiger partial charge in [-0.2, -0.15) is 5.10 Å². The Morgan fingerprint density at radius 3 is 2.90 bits per heavy atom. The highest BCUT2D eigenvalue weighted by atomic mass is 16.3. The molecular weight excluding hydrogens is 262 g/mol. The Morgan fingerprint density at radius 1 is 1.33 bits per heavy atom. The van der Waals surface area contributed by atoms with Gasteiger partial charge in [-0.15, -0.1) is 0 Å². The topological polar surface area (TPSA) is 50.1 Å². The summed E-state index contributed by atoms with van der Waals surface area (Å²) in [7, 11) is 0. The van der Waals surface area contributed by atoms with Crippen LogP contribution < -0.4 is 5.32 Å². The van der Waals surface area contributed by atoms with Gasteiger partial charge < -0.3 is 10.4 Å². The largest absolute Gasteiger partial charge is 0.394 e. The number of hydrogen-bond donors (Lipinski definition) is 2. The first-order valence-electron chi connectivity index (χ1n) is 7.99. The number of para-hydroxylation sites is 1. The van der Waals surface area contributed by atoms with Crippen LogP contribution >= 0.6 is 0 Å². The zero-order chi connectivity index (χ0) is 14.7. The zero-order valence-corrected chi connectivity index (χ0v) is 12.8. The lowest BCUT2D eigenvalue weighted by molar-refractivity contribution is 0.160. The number of aryl methyl sites for hydroxylation is 1. The zero-order valence-electron chi connectivity index (χ0n) is 12.8. The van der Waals surface area contributed by atoms with E-state index in [1.807, 2.05) is 12.3 Å². The van der Waals surface area contributed by atoms with E-state index >= 15 is 0 Å². The highest BCUT2D eigenvalue weighted by Gasteiger charge is 2.31. The Balaban J connectivity index is 1.49. The summed E-state index contributed by atoms with van der Waals surface area (Å²) in [5, 5.41) is 18.8. The number of aliphatic hydroxyl groups is 1. The SMILES string of the molecule is CC(CO)(CCCCn1ncc2ccccc21)NC1CC1. The van der Waals surface area contributed by atoms with Crippen LogP contribution in [0.4, 0.5) is 0 Å². The lowest BCUT2D eigenvalue weighted by atomic mass is 9.95. The van der Waals surface area contributed by atoms with E-state index in [1.165, 1.54) is 23.7 Å². The van der Waals surface area contributed by atoms with E-state index in [1.54, 1.807) is 0 Å². The van der Waals surface area contributed by atoms with Crippen LogP contribution in [0.15, 0.2) is 30.5 Å². The maximum absolute atomic E-state index is 9.61. The van der Waals surface area contributed by atoms with Crippen LogP contribution in [0, 0.1) is 0 Å². The number of fused-ring (bicyclic) bond motifs is 1. The molecule has 1 aliphatic rings. The summed E-state index contributed by atoms with van der Waals surface area (Å²) < 4.78 is 2.08. The quantitative estimate of drug-likeness (QED) is 0.734. The summed E-state index contributed by atoms with van der Waals surface area (Å²) in [5.41, 5.74) is 1.09. The molecule has 0 spiro atoms. The minimum atomic E-state index is -0.118. The van der Waals surface area contributed by atoms with Gasteiger partial charge >= 0.3 is 0 Å². The molecule has 2 N–H and O–H groups in total. The summed E-state index contributed by atoms with van der Waals surface area (Å²) >= 11 is 0. The molecule has 1 fully saturated rings. The average Bonchev–Trinajstić information content (AvgIpc) is 3.21. The van der Waals surface area contributed by atoms with E-state index in [-0.39, 0.29) is 12.1 Å². The fourth-order valence-electron chi connectivity index (χ4n) is 2.90. The third-order valence-corrected chi connectivity index (χ3v) is 4.38. The minimum absolute atomic E-state index is 0.118. The van der Waals surface area contributed by atoms with Gasteiger partial charge in [-0.1, -0.05) is 18.2 Å². The second-order valence-corrected chi connectivity index (χ2v) is 6.52. The number of unbranched alkanes of at least 4 members (excludes halogenated alkanes) is 1. The van der Waals surface area contributed by atoms with E-state index in [0.29, 0.717) is 6.04 Å². The first-order valence-corrected chi connectivity index (χ1v) is 7.99. The van der Waals surface area contributed by atoms with Crippen LogP contribution in [0.5, 0.6) is 0 Å². The Labute approximate surface area is 126 Å². The van der Waals surface area contributed by atoms with Crippen molar-refractivity contribution in [3.63, 3.8) is 0 Å². The molecule has 114 valence electrons. The van der Waals surface area contributed by atoms with E-state index in [9.17, 15) is 5.11 Å². The molecule has 4 heteroatoms. The van der Waals surface area contributed by atoms with Crippen molar-refractivity contribution in [2.45, 2.75) is 57.2 Å². The Kier molecular flexibility index (Phi) is 4.27. The lowest BCUT2D eigenvalue weighted by Gasteiger charge is -2.29. The number of nitrogens with one attached hydrogen (secondary N) is 1. The van der Waals surface area contributed by atoms with Crippen LogP contribution in [-0.2, 0) is 6.54 Å². The molecule has 1 heterocycles. The standard InChI is InChI=1S/C17H25N3O/c1-17(13-21,19-15-8-9-15)10-4-5-11-20-16-7-3-2-6-14(16)12-18-20/h2-3,6-7,12,15,19,21H,4-5,8-11,13H2,1H3. The molecule has 0 radical (unpaired) electrons. The van der Waals surface area contributed by atoms with Gasteiger partial charge in [-0.25, -0.2) is 0 Å². The maximum Gasteiger partial charge on any atom is 0.0682 e. The molecule has 0 saturated heterocycles. The number of hydrogen-bond acceptors (Lipinski definition) is 3. The van der Waals surface area contributed by atoms with Gasteiger partial charge in [0.15, 0.2) is 0 Å². The highest BCUT2D eigenvalue weighted by Crippen LogP contribution is 2.25. The molecule has 1 atom stereocenters. The number of aliphatic hydroxyl groups excluding tert-OH is 1. The molecule has 1 saturated carbocycles. The van der Waals surface area contributed by atoms with E-state index < -0.39 is 0 Å². The number of aromatic nitrogens is 2. The van der Waals surface area contributed by atoms with E-state index in [0.717, 1.165) is 25.8 Å².